The fourth-order valence-corrected chi connectivity index (χ4v) is 3.69. The Labute approximate surface area is 165 Å². The zero-order valence-corrected chi connectivity index (χ0v) is 16.2. The normalized spacial score (nSPS) is 19.3. The van der Waals surface area contributed by atoms with Crippen LogP contribution in [0.4, 0.5) is 14.5 Å². The van der Waals surface area contributed by atoms with Gasteiger partial charge in [-0.25, -0.2) is 8.78 Å². The summed E-state index contributed by atoms with van der Waals surface area (Å²) in [5, 5.41) is 0. The van der Waals surface area contributed by atoms with Crippen LogP contribution in [0.1, 0.15) is 24.2 Å². The Kier molecular flexibility index (Phi) is 4.79. The molecule has 0 amide bonds. The first kappa shape index (κ1) is 17.9. The van der Waals surface area contributed by atoms with E-state index in [4.69, 9.17) is 4.99 Å². The van der Waals surface area contributed by atoms with Crippen molar-refractivity contribution in [2.24, 2.45) is 4.99 Å². The maximum Gasteiger partial charge on any atom is 0.148 e. The minimum absolute atomic E-state index is 0.0216. The van der Waals surface area contributed by atoms with Crippen molar-refractivity contribution in [3.05, 3.63) is 100 Å². The lowest BCUT2D eigenvalue weighted by atomic mass is 10.0. The number of rotatable bonds is 3. The van der Waals surface area contributed by atoms with Gasteiger partial charge in [0.05, 0.1) is 11.8 Å². The Morgan fingerprint density at radius 2 is 1.37 bits per heavy atom. The molecule has 0 N–H and O–H groups in total. The van der Waals surface area contributed by atoms with Crippen molar-refractivity contribution < 1.29 is 8.78 Å². The first-order chi connectivity index (χ1) is 13.0. The van der Waals surface area contributed by atoms with Crippen molar-refractivity contribution in [2.45, 2.75) is 19.1 Å². The van der Waals surface area contributed by atoms with Crippen LogP contribution in [0.5, 0.6) is 0 Å². The topological polar surface area (TPSA) is 15.6 Å². The van der Waals surface area contributed by atoms with Crippen LogP contribution in [-0.4, -0.2) is 11.8 Å². The Balaban J connectivity index is 1.80. The molecule has 0 aromatic heterocycles. The molecule has 5 heteroatoms. The summed E-state index contributed by atoms with van der Waals surface area (Å²) in [6.45, 7) is 2.08. The molecule has 0 fully saturated rings. The van der Waals surface area contributed by atoms with Crippen LogP contribution in [0.2, 0.25) is 0 Å². The van der Waals surface area contributed by atoms with Gasteiger partial charge in [-0.2, -0.15) is 0 Å². The van der Waals surface area contributed by atoms with Gasteiger partial charge in [0.1, 0.15) is 17.8 Å². The smallest absolute Gasteiger partial charge is 0.148 e. The van der Waals surface area contributed by atoms with Gasteiger partial charge < -0.3 is 4.90 Å². The molecule has 0 saturated carbocycles. The number of hydrogen-bond donors (Lipinski definition) is 0. The molecule has 3 aromatic rings. The summed E-state index contributed by atoms with van der Waals surface area (Å²) >= 11 is 3.47. The Morgan fingerprint density at radius 1 is 0.815 bits per heavy atom. The van der Waals surface area contributed by atoms with Crippen molar-refractivity contribution >= 4 is 27.3 Å². The summed E-state index contributed by atoms with van der Waals surface area (Å²) in [7, 11) is 0. The van der Waals surface area contributed by atoms with E-state index in [1.807, 2.05) is 24.3 Å². The average molecular weight is 427 g/mol. The SMILES string of the molecule is CC1C(c2ccc(F)cc2)=NC(c2ccc(F)cc2)N1c1ccc(Br)cc1. The molecule has 0 radical (unpaired) electrons. The van der Waals surface area contributed by atoms with E-state index < -0.39 is 0 Å². The second kappa shape index (κ2) is 7.24. The molecule has 2 nitrogen and oxygen atoms in total. The largest absolute Gasteiger partial charge is 0.337 e. The summed E-state index contributed by atoms with van der Waals surface area (Å²) in [4.78, 5) is 7.13. The maximum atomic E-state index is 13.4. The number of anilines is 1. The molecule has 3 aromatic carbocycles. The summed E-state index contributed by atoms with van der Waals surface area (Å²) < 4.78 is 27.7. The van der Waals surface area contributed by atoms with Gasteiger partial charge in [0.2, 0.25) is 0 Å². The van der Waals surface area contributed by atoms with E-state index in [2.05, 4.69) is 27.8 Å². The first-order valence-electron chi connectivity index (χ1n) is 8.66. The molecule has 2 unspecified atom stereocenters. The number of hydrogen-bond acceptors (Lipinski definition) is 2. The van der Waals surface area contributed by atoms with Crippen molar-refractivity contribution in [2.75, 3.05) is 4.90 Å². The minimum atomic E-state index is -0.276. The third-order valence-corrected chi connectivity index (χ3v) is 5.30. The number of benzene rings is 3. The van der Waals surface area contributed by atoms with E-state index in [-0.39, 0.29) is 23.8 Å². The van der Waals surface area contributed by atoms with Crippen molar-refractivity contribution in [3.8, 4) is 0 Å². The molecule has 0 bridgehead atoms. The highest BCUT2D eigenvalue weighted by Gasteiger charge is 2.35. The van der Waals surface area contributed by atoms with Gasteiger partial charge in [-0.1, -0.05) is 40.2 Å². The minimum Gasteiger partial charge on any atom is -0.337 e. The molecule has 0 saturated heterocycles. The maximum absolute atomic E-state index is 13.4. The Morgan fingerprint density at radius 3 is 1.96 bits per heavy atom. The van der Waals surface area contributed by atoms with E-state index >= 15 is 0 Å². The number of nitrogens with zero attached hydrogens (tertiary/aromatic N) is 2. The molecule has 1 heterocycles. The van der Waals surface area contributed by atoms with Gasteiger partial charge in [0, 0.05) is 10.2 Å². The van der Waals surface area contributed by atoms with Gasteiger partial charge in [-0.15, -0.1) is 0 Å². The predicted octanol–water partition coefficient (Wildman–Crippen LogP) is 6.12. The zero-order valence-electron chi connectivity index (χ0n) is 14.6. The third-order valence-electron chi connectivity index (χ3n) is 4.77. The first-order valence-corrected chi connectivity index (χ1v) is 9.45. The second-order valence-electron chi connectivity index (χ2n) is 6.51. The van der Waals surface area contributed by atoms with E-state index in [0.717, 1.165) is 27.0 Å². The molecular weight excluding hydrogens is 410 g/mol. The van der Waals surface area contributed by atoms with Crippen molar-refractivity contribution in [3.63, 3.8) is 0 Å². The van der Waals surface area contributed by atoms with Crippen LogP contribution in [0.25, 0.3) is 0 Å². The van der Waals surface area contributed by atoms with Crippen LogP contribution in [0.15, 0.2) is 82.3 Å². The quantitative estimate of drug-likeness (QED) is 0.492. The predicted molar refractivity (Wildman–Crippen MR) is 108 cm³/mol. The van der Waals surface area contributed by atoms with Gasteiger partial charge >= 0.3 is 0 Å². The zero-order chi connectivity index (χ0) is 19.0. The molecule has 1 aliphatic rings. The number of halogens is 3. The monoisotopic (exact) mass is 426 g/mol. The van der Waals surface area contributed by atoms with Gasteiger partial charge in [-0.3, -0.25) is 4.99 Å². The summed E-state index contributed by atoms with van der Waals surface area (Å²) in [5.74, 6) is -0.549. The van der Waals surface area contributed by atoms with E-state index in [1.54, 1.807) is 24.3 Å². The highest BCUT2D eigenvalue weighted by Crippen LogP contribution is 2.37. The lowest BCUT2D eigenvalue weighted by molar-refractivity contribution is 0.622. The second-order valence-corrected chi connectivity index (χ2v) is 7.42. The molecule has 1 aliphatic heterocycles. The molecule has 4 rings (SSSR count). The van der Waals surface area contributed by atoms with E-state index in [9.17, 15) is 8.78 Å². The van der Waals surface area contributed by atoms with Crippen molar-refractivity contribution in [1.29, 1.82) is 0 Å². The van der Waals surface area contributed by atoms with Gasteiger partial charge in [-0.05, 0) is 66.6 Å². The van der Waals surface area contributed by atoms with E-state index in [0.29, 0.717) is 0 Å². The fraction of sp³-hybridized carbons (Fsp3) is 0.136. The lowest BCUT2D eigenvalue weighted by Crippen LogP contribution is -2.35. The summed E-state index contributed by atoms with van der Waals surface area (Å²) in [6, 6.07) is 20.8. The average Bonchev–Trinajstić information content (AvgIpc) is 3.01. The third kappa shape index (κ3) is 3.52. The molecule has 27 heavy (non-hydrogen) atoms. The molecular formula is C22H17BrF2N2. The van der Waals surface area contributed by atoms with Gasteiger partial charge in [0.25, 0.3) is 0 Å². The Hall–Kier alpha value is -2.53. The molecule has 0 spiro atoms. The highest BCUT2D eigenvalue weighted by atomic mass is 79.9. The highest BCUT2D eigenvalue weighted by molar-refractivity contribution is 9.10. The van der Waals surface area contributed by atoms with E-state index in [1.165, 1.54) is 24.3 Å². The Bertz CT molecular complexity index is 967. The molecule has 136 valence electrons. The lowest BCUT2D eigenvalue weighted by Gasteiger charge is -2.30. The number of aliphatic imine (C=N–C) groups is 1. The fourth-order valence-electron chi connectivity index (χ4n) is 3.43. The van der Waals surface area contributed by atoms with Crippen LogP contribution >= 0.6 is 15.9 Å². The van der Waals surface area contributed by atoms with Crippen LogP contribution in [-0.2, 0) is 0 Å². The van der Waals surface area contributed by atoms with Gasteiger partial charge in [0.15, 0.2) is 0 Å². The summed E-state index contributed by atoms with van der Waals surface area (Å²) in [5.41, 5.74) is 3.69. The molecule has 2 atom stereocenters. The van der Waals surface area contributed by atoms with Crippen LogP contribution < -0.4 is 4.90 Å². The standard InChI is InChI=1S/C22H17BrF2N2/c1-14-21(15-2-8-18(24)9-3-15)26-22(16-4-10-19(25)11-5-16)27(14)20-12-6-17(23)7-13-20/h2-14,22H,1H3. The molecule has 0 aliphatic carbocycles. The summed E-state index contributed by atoms with van der Waals surface area (Å²) in [6.07, 6.45) is -0.276. The van der Waals surface area contributed by atoms with Crippen LogP contribution in [0, 0.1) is 11.6 Å². The van der Waals surface area contributed by atoms with Crippen LogP contribution in [0.3, 0.4) is 0 Å². The van der Waals surface area contributed by atoms with Crippen molar-refractivity contribution in [1.82, 2.24) is 0 Å².